The Bertz CT molecular complexity index is 372. The van der Waals surface area contributed by atoms with Crippen molar-refractivity contribution in [3.05, 3.63) is 0 Å². The van der Waals surface area contributed by atoms with E-state index in [2.05, 4.69) is 4.90 Å². The Morgan fingerprint density at radius 2 is 1.12 bits per heavy atom. The second kappa shape index (κ2) is 11.1. The number of aliphatic hydroxyl groups is 1. The first kappa shape index (κ1) is 20.6. The van der Waals surface area contributed by atoms with Crippen LogP contribution in [0.2, 0.25) is 0 Å². The Kier molecular flexibility index (Phi) is 8.78. The van der Waals surface area contributed by atoms with E-state index in [1.807, 2.05) is 0 Å². The molecule has 1 aliphatic heterocycles. The van der Waals surface area contributed by atoms with Gasteiger partial charge in [-0.3, -0.25) is 0 Å². The molecule has 0 radical (unpaired) electrons. The molecule has 3 rings (SSSR count). The maximum Gasteiger partial charge on any atom is 0.0716 e. The van der Waals surface area contributed by atoms with Crippen LogP contribution in [0.15, 0.2) is 0 Å². The first-order valence-electron chi connectivity index (χ1n) is 12.2. The van der Waals surface area contributed by atoms with Crippen molar-refractivity contribution in [3.63, 3.8) is 0 Å². The molecule has 3 aliphatic rings. The smallest absolute Gasteiger partial charge is 0.0716 e. The summed E-state index contributed by atoms with van der Waals surface area (Å²) < 4.78 is 0. The summed E-state index contributed by atoms with van der Waals surface area (Å²) in [5.74, 6) is 1.09. The van der Waals surface area contributed by atoms with Crippen LogP contribution in [-0.2, 0) is 0 Å². The minimum Gasteiger partial charge on any atom is -0.389 e. The Balaban J connectivity index is 1.72. The third kappa shape index (κ3) is 5.96. The minimum absolute atomic E-state index is 0.378. The molecule has 1 N–H and O–H groups in total. The number of piperidine rings is 1. The van der Waals surface area contributed by atoms with Gasteiger partial charge in [0.1, 0.15) is 0 Å². The molecule has 2 saturated carbocycles. The lowest BCUT2D eigenvalue weighted by atomic mass is 9.66. The molecule has 152 valence electrons. The first-order chi connectivity index (χ1) is 12.8. The molecule has 2 atom stereocenters. The molecular weight excluding hydrogens is 318 g/mol. The SMILES string of the molecule is OC1(C2CCCCC2)CCCCCCCCCCC1CN1CCCCC1. The van der Waals surface area contributed by atoms with Crippen LogP contribution in [0.4, 0.5) is 0 Å². The van der Waals surface area contributed by atoms with Crippen LogP contribution in [0.3, 0.4) is 0 Å². The van der Waals surface area contributed by atoms with Crippen LogP contribution >= 0.6 is 0 Å². The van der Waals surface area contributed by atoms with E-state index in [0.717, 1.165) is 6.42 Å². The summed E-state index contributed by atoms with van der Waals surface area (Å²) in [7, 11) is 0. The number of nitrogens with zero attached hydrogens (tertiary/aromatic N) is 1. The average Bonchev–Trinajstić information content (AvgIpc) is 2.68. The van der Waals surface area contributed by atoms with E-state index in [1.165, 1.54) is 129 Å². The maximum atomic E-state index is 12.1. The Hall–Kier alpha value is -0.0800. The van der Waals surface area contributed by atoms with Crippen LogP contribution in [0.5, 0.6) is 0 Å². The number of hydrogen-bond donors (Lipinski definition) is 1. The molecule has 0 bridgehead atoms. The van der Waals surface area contributed by atoms with E-state index in [4.69, 9.17) is 0 Å². The van der Waals surface area contributed by atoms with Crippen LogP contribution in [0, 0.1) is 11.8 Å². The molecule has 2 nitrogen and oxygen atoms in total. The standard InChI is InChI=1S/C24H45NO/c26-24(22-15-10-7-11-16-22)18-12-6-4-2-1-3-5-9-17-23(24)21-25-19-13-8-14-20-25/h22-23,26H,1-21H2. The monoisotopic (exact) mass is 363 g/mol. The fraction of sp³-hybridized carbons (Fsp3) is 1.00. The van der Waals surface area contributed by atoms with E-state index < -0.39 is 0 Å². The molecule has 1 heterocycles. The van der Waals surface area contributed by atoms with E-state index in [1.54, 1.807) is 0 Å². The molecular formula is C24H45NO. The highest BCUT2D eigenvalue weighted by molar-refractivity contribution is 4.95. The number of rotatable bonds is 3. The lowest BCUT2D eigenvalue weighted by molar-refractivity contribution is -0.101. The van der Waals surface area contributed by atoms with Crippen molar-refractivity contribution in [1.29, 1.82) is 0 Å². The average molecular weight is 364 g/mol. The zero-order valence-electron chi connectivity index (χ0n) is 17.4. The second-order valence-electron chi connectivity index (χ2n) is 9.75. The number of likely N-dealkylation sites (tertiary alicyclic amines) is 1. The summed E-state index contributed by atoms with van der Waals surface area (Å²) >= 11 is 0. The summed E-state index contributed by atoms with van der Waals surface area (Å²) in [5.41, 5.74) is -0.378. The van der Waals surface area contributed by atoms with Gasteiger partial charge in [-0.15, -0.1) is 0 Å². The minimum atomic E-state index is -0.378. The Morgan fingerprint density at radius 1 is 0.615 bits per heavy atom. The highest BCUT2D eigenvalue weighted by Crippen LogP contribution is 2.43. The molecule has 0 spiro atoms. The summed E-state index contributed by atoms with van der Waals surface area (Å²) in [6, 6.07) is 0. The summed E-state index contributed by atoms with van der Waals surface area (Å²) in [5, 5.41) is 12.1. The van der Waals surface area contributed by atoms with Crippen molar-refractivity contribution < 1.29 is 5.11 Å². The largest absolute Gasteiger partial charge is 0.389 e. The molecule has 1 saturated heterocycles. The van der Waals surface area contributed by atoms with Gasteiger partial charge in [0.05, 0.1) is 5.60 Å². The molecule has 0 amide bonds. The van der Waals surface area contributed by atoms with Crippen molar-refractivity contribution in [2.45, 2.75) is 121 Å². The molecule has 26 heavy (non-hydrogen) atoms. The Morgan fingerprint density at radius 3 is 1.81 bits per heavy atom. The van der Waals surface area contributed by atoms with Gasteiger partial charge in [0.15, 0.2) is 0 Å². The van der Waals surface area contributed by atoms with Crippen LogP contribution in [0.25, 0.3) is 0 Å². The Labute approximate surface area is 163 Å². The number of hydrogen-bond acceptors (Lipinski definition) is 2. The quantitative estimate of drug-likeness (QED) is 0.634. The summed E-state index contributed by atoms with van der Waals surface area (Å²) in [6.07, 6.45) is 24.1. The van der Waals surface area contributed by atoms with Gasteiger partial charge in [-0.1, -0.05) is 77.0 Å². The van der Waals surface area contributed by atoms with Crippen LogP contribution in [-0.4, -0.2) is 35.2 Å². The second-order valence-corrected chi connectivity index (χ2v) is 9.75. The van der Waals surface area contributed by atoms with E-state index in [9.17, 15) is 5.11 Å². The molecule has 0 aromatic carbocycles. The highest BCUT2D eigenvalue weighted by atomic mass is 16.3. The van der Waals surface area contributed by atoms with E-state index >= 15 is 0 Å². The van der Waals surface area contributed by atoms with Gasteiger partial charge in [0.2, 0.25) is 0 Å². The van der Waals surface area contributed by atoms with Crippen molar-refractivity contribution in [1.82, 2.24) is 4.90 Å². The molecule has 0 aromatic rings. The van der Waals surface area contributed by atoms with Crippen LogP contribution in [0.1, 0.15) is 116 Å². The fourth-order valence-corrected chi connectivity index (χ4v) is 6.16. The van der Waals surface area contributed by atoms with Crippen LogP contribution < -0.4 is 0 Å². The third-order valence-electron chi connectivity index (χ3n) is 7.83. The van der Waals surface area contributed by atoms with E-state index in [0.29, 0.717) is 11.8 Å². The van der Waals surface area contributed by atoms with Gasteiger partial charge in [-0.05, 0) is 57.5 Å². The summed E-state index contributed by atoms with van der Waals surface area (Å²) in [4.78, 5) is 2.70. The van der Waals surface area contributed by atoms with Gasteiger partial charge < -0.3 is 10.0 Å². The predicted molar refractivity (Wildman–Crippen MR) is 111 cm³/mol. The van der Waals surface area contributed by atoms with Gasteiger partial charge in [0, 0.05) is 12.5 Å². The van der Waals surface area contributed by atoms with Gasteiger partial charge in [0.25, 0.3) is 0 Å². The van der Waals surface area contributed by atoms with Gasteiger partial charge >= 0.3 is 0 Å². The zero-order valence-corrected chi connectivity index (χ0v) is 17.4. The molecule has 3 fully saturated rings. The van der Waals surface area contributed by atoms with E-state index in [-0.39, 0.29) is 5.60 Å². The molecule has 0 aromatic heterocycles. The first-order valence-corrected chi connectivity index (χ1v) is 12.2. The van der Waals surface area contributed by atoms with Crippen molar-refractivity contribution >= 4 is 0 Å². The molecule has 2 unspecified atom stereocenters. The van der Waals surface area contributed by atoms with Crippen molar-refractivity contribution in [2.24, 2.45) is 11.8 Å². The zero-order chi connectivity index (χ0) is 18.1. The van der Waals surface area contributed by atoms with Gasteiger partial charge in [-0.25, -0.2) is 0 Å². The molecule has 2 heteroatoms. The van der Waals surface area contributed by atoms with Gasteiger partial charge in [-0.2, -0.15) is 0 Å². The normalized spacial score (nSPS) is 34.7. The maximum absolute atomic E-state index is 12.1. The molecule has 2 aliphatic carbocycles. The predicted octanol–water partition coefficient (Wildman–Crippen LogP) is 6.31. The fourth-order valence-electron chi connectivity index (χ4n) is 6.16. The van der Waals surface area contributed by atoms with Crippen molar-refractivity contribution in [2.75, 3.05) is 19.6 Å². The lowest BCUT2D eigenvalue weighted by Gasteiger charge is -2.46. The lowest BCUT2D eigenvalue weighted by Crippen LogP contribution is -2.51. The summed E-state index contributed by atoms with van der Waals surface area (Å²) in [6.45, 7) is 3.72. The topological polar surface area (TPSA) is 23.5 Å². The van der Waals surface area contributed by atoms with Crippen molar-refractivity contribution in [3.8, 4) is 0 Å². The third-order valence-corrected chi connectivity index (χ3v) is 7.83. The highest BCUT2D eigenvalue weighted by Gasteiger charge is 2.43.